The zero-order valence-electron chi connectivity index (χ0n) is 13.2. The Labute approximate surface area is 147 Å². The van der Waals surface area contributed by atoms with Crippen LogP contribution >= 0.6 is 11.6 Å². The van der Waals surface area contributed by atoms with Crippen LogP contribution in [0, 0.1) is 0 Å². The van der Waals surface area contributed by atoms with Gasteiger partial charge in [-0.15, -0.1) is 11.6 Å². The van der Waals surface area contributed by atoms with Crippen molar-refractivity contribution in [2.24, 2.45) is 0 Å². The molecule has 0 unspecified atom stereocenters. The van der Waals surface area contributed by atoms with Gasteiger partial charge in [-0.25, -0.2) is 4.98 Å². The molecule has 0 radical (unpaired) electrons. The normalized spacial score (nSPS) is 11.6. The highest BCUT2D eigenvalue weighted by Crippen LogP contribution is 2.31. The van der Waals surface area contributed by atoms with Gasteiger partial charge in [0, 0.05) is 17.4 Å². The average Bonchev–Trinajstić information content (AvgIpc) is 3.05. The molecule has 3 nitrogen and oxygen atoms in total. The first-order valence-electron chi connectivity index (χ1n) is 7.38. The van der Waals surface area contributed by atoms with Crippen molar-refractivity contribution < 1.29 is 17.9 Å². The first-order valence-corrected chi connectivity index (χ1v) is 7.92. The van der Waals surface area contributed by atoms with E-state index in [0.717, 1.165) is 17.8 Å². The number of hydrogen-bond donors (Lipinski definition) is 0. The summed E-state index contributed by atoms with van der Waals surface area (Å²) in [6, 6.07) is 12.2. The molecular formula is C18H14ClF3N2O. The molecule has 0 amide bonds. The second kappa shape index (κ2) is 6.80. The minimum absolute atomic E-state index is 0.205. The lowest BCUT2D eigenvalue weighted by Gasteiger charge is -2.10. The fraction of sp³-hybridized carbons (Fsp3) is 0.167. The van der Waals surface area contributed by atoms with Gasteiger partial charge in [-0.2, -0.15) is 13.2 Å². The van der Waals surface area contributed by atoms with Crippen LogP contribution in [0.25, 0.3) is 17.1 Å². The van der Waals surface area contributed by atoms with Gasteiger partial charge in [0.05, 0.1) is 24.2 Å². The van der Waals surface area contributed by atoms with Crippen molar-refractivity contribution in [3.05, 3.63) is 66.0 Å². The third-order valence-corrected chi connectivity index (χ3v) is 3.99. The van der Waals surface area contributed by atoms with E-state index in [1.54, 1.807) is 30.0 Å². The Morgan fingerprint density at radius 2 is 1.68 bits per heavy atom. The van der Waals surface area contributed by atoms with E-state index in [9.17, 15) is 13.2 Å². The molecule has 0 bridgehead atoms. The second-order valence-electron chi connectivity index (χ2n) is 5.33. The average molecular weight is 367 g/mol. The Morgan fingerprint density at radius 3 is 2.20 bits per heavy atom. The highest BCUT2D eigenvalue weighted by molar-refractivity contribution is 6.16. The summed E-state index contributed by atoms with van der Waals surface area (Å²) in [4.78, 5) is 4.43. The van der Waals surface area contributed by atoms with Crippen molar-refractivity contribution in [1.82, 2.24) is 9.55 Å². The van der Waals surface area contributed by atoms with Crippen LogP contribution in [0.5, 0.6) is 5.75 Å². The lowest BCUT2D eigenvalue weighted by Crippen LogP contribution is -2.04. The number of imidazole rings is 1. The Balaban J connectivity index is 2.05. The van der Waals surface area contributed by atoms with Gasteiger partial charge in [-0.3, -0.25) is 4.57 Å². The molecule has 0 atom stereocenters. The number of nitrogens with zero attached hydrogens (tertiary/aromatic N) is 2. The number of ether oxygens (including phenoxy) is 1. The molecule has 0 spiro atoms. The topological polar surface area (TPSA) is 27.1 Å². The van der Waals surface area contributed by atoms with Crippen molar-refractivity contribution in [1.29, 1.82) is 0 Å². The number of methoxy groups -OCH3 is 1. The number of aromatic nitrogens is 2. The molecular weight excluding hydrogens is 353 g/mol. The monoisotopic (exact) mass is 366 g/mol. The van der Waals surface area contributed by atoms with Crippen LogP contribution in [0.2, 0.25) is 0 Å². The maximum Gasteiger partial charge on any atom is 0.416 e. The third-order valence-electron chi connectivity index (χ3n) is 3.71. The van der Waals surface area contributed by atoms with E-state index >= 15 is 0 Å². The molecule has 0 saturated carbocycles. The quantitative estimate of drug-likeness (QED) is 0.585. The molecule has 1 aromatic heterocycles. The fourth-order valence-corrected chi connectivity index (χ4v) is 2.57. The van der Waals surface area contributed by atoms with Crippen LogP contribution < -0.4 is 4.74 Å². The smallest absolute Gasteiger partial charge is 0.416 e. The van der Waals surface area contributed by atoms with Crippen molar-refractivity contribution in [2.75, 3.05) is 7.11 Å². The maximum atomic E-state index is 12.7. The van der Waals surface area contributed by atoms with Crippen molar-refractivity contribution in [3.8, 4) is 22.8 Å². The van der Waals surface area contributed by atoms with Gasteiger partial charge >= 0.3 is 6.18 Å². The van der Waals surface area contributed by atoms with E-state index in [4.69, 9.17) is 16.3 Å². The minimum Gasteiger partial charge on any atom is -0.497 e. The fourth-order valence-electron chi connectivity index (χ4n) is 2.44. The predicted octanol–water partition coefficient (Wildman–Crippen LogP) is 5.31. The van der Waals surface area contributed by atoms with Crippen molar-refractivity contribution in [3.63, 3.8) is 0 Å². The Bertz CT molecular complexity index is 856. The molecule has 2 aromatic carbocycles. The molecule has 0 saturated heterocycles. The Hall–Kier alpha value is -2.47. The number of rotatable bonds is 4. The standard InChI is InChI=1S/C18H14ClF3N2O/c1-25-16-8-6-15(7-9-16)24-11-14(10-19)23-17(24)12-2-4-13(5-3-12)18(20,21)22/h2-9,11H,10H2,1H3. The molecule has 0 N–H and O–H groups in total. The van der Waals surface area contributed by atoms with Gasteiger partial charge in [0.15, 0.2) is 0 Å². The molecule has 0 aliphatic rings. The molecule has 3 aromatic rings. The van der Waals surface area contributed by atoms with Crippen LogP contribution in [-0.4, -0.2) is 16.7 Å². The summed E-state index contributed by atoms with van der Waals surface area (Å²) >= 11 is 5.88. The number of halogens is 4. The van der Waals surface area contributed by atoms with Gasteiger partial charge in [0.2, 0.25) is 0 Å². The molecule has 1 heterocycles. The number of alkyl halides is 4. The van der Waals surface area contributed by atoms with Gasteiger partial charge in [0.25, 0.3) is 0 Å². The molecule has 25 heavy (non-hydrogen) atoms. The first-order chi connectivity index (χ1) is 11.9. The van der Waals surface area contributed by atoms with Crippen molar-refractivity contribution >= 4 is 11.6 Å². The SMILES string of the molecule is COc1ccc(-n2cc(CCl)nc2-c2ccc(C(F)(F)F)cc2)cc1. The summed E-state index contributed by atoms with van der Waals surface area (Å²) in [5.74, 6) is 1.43. The van der Waals surface area contributed by atoms with E-state index in [1.807, 2.05) is 12.1 Å². The molecule has 0 fully saturated rings. The Kier molecular flexibility index (Phi) is 4.72. The van der Waals surface area contributed by atoms with Crippen LogP contribution in [0.4, 0.5) is 13.2 Å². The van der Waals surface area contributed by atoms with Crippen LogP contribution in [0.15, 0.2) is 54.7 Å². The lowest BCUT2D eigenvalue weighted by molar-refractivity contribution is -0.137. The number of benzene rings is 2. The molecule has 0 aliphatic carbocycles. The van der Waals surface area contributed by atoms with Crippen LogP contribution in [-0.2, 0) is 12.1 Å². The van der Waals surface area contributed by atoms with Gasteiger partial charge in [-0.1, -0.05) is 12.1 Å². The van der Waals surface area contributed by atoms with Crippen molar-refractivity contribution in [2.45, 2.75) is 12.1 Å². The molecule has 0 aliphatic heterocycles. The van der Waals surface area contributed by atoms with Gasteiger partial charge in [-0.05, 0) is 36.4 Å². The van der Waals surface area contributed by atoms with Gasteiger partial charge < -0.3 is 4.74 Å². The Morgan fingerprint density at radius 1 is 1.04 bits per heavy atom. The van der Waals surface area contributed by atoms with Crippen LogP contribution in [0.3, 0.4) is 0 Å². The zero-order valence-corrected chi connectivity index (χ0v) is 14.0. The van der Waals surface area contributed by atoms with E-state index in [-0.39, 0.29) is 5.88 Å². The van der Waals surface area contributed by atoms with E-state index in [1.165, 1.54) is 12.1 Å². The number of hydrogen-bond acceptors (Lipinski definition) is 2. The largest absolute Gasteiger partial charge is 0.497 e. The summed E-state index contributed by atoms with van der Waals surface area (Å²) in [5.41, 5.74) is 1.31. The van der Waals surface area contributed by atoms with E-state index < -0.39 is 11.7 Å². The highest BCUT2D eigenvalue weighted by Gasteiger charge is 2.30. The molecule has 130 valence electrons. The minimum atomic E-state index is -4.37. The summed E-state index contributed by atoms with van der Waals surface area (Å²) < 4.78 is 45.2. The maximum absolute atomic E-state index is 12.7. The predicted molar refractivity (Wildman–Crippen MR) is 90.1 cm³/mol. The lowest BCUT2D eigenvalue weighted by atomic mass is 10.1. The van der Waals surface area contributed by atoms with Gasteiger partial charge in [0.1, 0.15) is 11.6 Å². The third kappa shape index (κ3) is 3.64. The summed E-state index contributed by atoms with van der Waals surface area (Å²) in [7, 11) is 1.57. The summed E-state index contributed by atoms with van der Waals surface area (Å²) in [6.45, 7) is 0. The summed E-state index contributed by atoms with van der Waals surface area (Å²) in [6.07, 6.45) is -2.60. The summed E-state index contributed by atoms with van der Waals surface area (Å²) in [5, 5.41) is 0. The zero-order chi connectivity index (χ0) is 18.0. The molecule has 7 heteroatoms. The van der Waals surface area contributed by atoms with Crippen LogP contribution in [0.1, 0.15) is 11.3 Å². The highest BCUT2D eigenvalue weighted by atomic mass is 35.5. The first kappa shape index (κ1) is 17.4. The second-order valence-corrected chi connectivity index (χ2v) is 5.60. The van der Waals surface area contributed by atoms with E-state index in [0.29, 0.717) is 22.8 Å². The van der Waals surface area contributed by atoms with E-state index in [2.05, 4.69) is 4.98 Å². The molecule has 3 rings (SSSR count).